The number of hydrogen-bond donors (Lipinski definition) is 0. The van der Waals surface area contributed by atoms with E-state index in [1.54, 1.807) is 16.9 Å². The third-order valence-electron chi connectivity index (χ3n) is 5.76. The normalized spacial score (nSPS) is 13.6. The van der Waals surface area contributed by atoms with Crippen molar-refractivity contribution in [3.63, 3.8) is 0 Å². The predicted octanol–water partition coefficient (Wildman–Crippen LogP) is 3.50. The van der Waals surface area contributed by atoms with Crippen LogP contribution in [0.15, 0.2) is 45.7 Å². The number of furan rings is 1. The first-order chi connectivity index (χ1) is 15.0. The molecule has 1 fully saturated rings. The van der Waals surface area contributed by atoms with Gasteiger partial charge in [0, 0.05) is 11.3 Å². The van der Waals surface area contributed by atoms with Crippen molar-refractivity contribution in [2.45, 2.75) is 39.2 Å². The summed E-state index contributed by atoms with van der Waals surface area (Å²) in [5.74, 6) is 0.310. The Morgan fingerprint density at radius 2 is 2.00 bits per heavy atom. The van der Waals surface area contributed by atoms with Gasteiger partial charge in [-0.3, -0.25) is 4.79 Å². The molecule has 0 radical (unpaired) electrons. The zero-order valence-electron chi connectivity index (χ0n) is 17.6. The van der Waals surface area contributed by atoms with E-state index in [4.69, 9.17) is 4.42 Å². The monoisotopic (exact) mass is 418 g/mol. The van der Waals surface area contributed by atoms with Crippen LogP contribution < -0.4 is 5.56 Å². The topological polar surface area (TPSA) is 92.2 Å². The molecule has 0 amide bonds. The first-order valence-electron chi connectivity index (χ1n) is 10.2. The van der Waals surface area contributed by atoms with Gasteiger partial charge >= 0.3 is 5.97 Å². The van der Waals surface area contributed by atoms with Crippen molar-refractivity contribution < 1.29 is 13.9 Å². The lowest BCUT2D eigenvalue weighted by atomic mass is 10.1. The highest BCUT2D eigenvalue weighted by molar-refractivity contribution is 5.86. The molecule has 8 heteroatoms. The third kappa shape index (κ3) is 3.34. The van der Waals surface area contributed by atoms with Crippen molar-refractivity contribution in [2.75, 3.05) is 7.11 Å². The Bertz CT molecular complexity index is 1370. The van der Waals surface area contributed by atoms with E-state index in [0.717, 1.165) is 35.2 Å². The number of carbonyl (C=O) groups excluding carboxylic acids is 1. The van der Waals surface area contributed by atoms with Gasteiger partial charge in [-0.15, -0.1) is 0 Å². The maximum Gasteiger partial charge on any atom is 0.373 e. The van der Waals surface area contributed by atoms with Crippen LogP contribution in [0.4, 0.5) is 0 Å². The lowest BCUT2D eigenvalue weighted by Crippen LogP contribution is -2.26. The van der Waals surface area contributed by atoms with Gasteiger partial charge in [0.15, 0.2) is 0 Å². The van der Waals surface area contributed by atoms with E-state index in [1.807, 2.05) is 32.0 Å². The summed E-state index contributed by atoms with van der Waals surface area (Å²) in [4.78, 5) is 25.1. The van der Waals surface area contributed by atoms with E-state index in [1.165, 1.54) is 23.4 Å². The van der Waals surface area contributed by atoms with Crippen LogP contribution in [0.1, 0.15) is 51.9 Å². The molecule has 0 aliphatic heterocycles. The maximum atomic E-state index is 13.4. The number of rotatable bonds is 5. The Kier molecular flexibility index (Phi) is 4.50. The molecule has 8 nitrogen and oxygen atoms in total. The summed E-state index contributed by atoms with van der Waals surface area (Å²) in [6, 6.07) is 9.20. The Balaban J connectivity index is 1.64. The molecule has 1 aliphatic carbocycles. The Labute approximate surface area is 178 Å². The Hall–Kier alpha value is -3.68. The van der Waals surface area contributed by atoms with E-state index in [-0.39, 0.29) is 17.9 Å². The molecule has 0 unspecified atom stereocenters. The number of esters is 1. The second-order valence-corrected chi connectivity index (χ2v) is 7.97. The zero-order chi connectivity index (χ0) is 21.7. The van der Waals surface area contributed by atoms with Crippen LogP contribution in [0.25, 0.3) is 16.6 Å². The first kappa shape index (κ1) is 19.3. The summed E-state index contributed by atoms with van der Waals surface area (Å²) in [5, 5.41) is 9.97. The van der Waals surface area contributed by atoms with Gasteiger partial charge in [-0.05, 0) is 62.1 Å². The average Bonchev–Trinajstić information content (AvgIpc) is 3.33. The molecular weight excluding hydrogens is 396 g/mol. The van der Waals surface area contributed by atoms with E-state index >= 15 is 0 Å². The van der Waals surface area contributed by atoms with Crippen molar-refractivity contribution in [1.82, 2.24) is 19.6 Å². The SMILES string of the molecule is COC(=O)c1ccc(Cn2nc(C3CC3)c3cnn(-c4ccc(C)c(C)c4)c3c2=O)o1. The summed E-state index contributed by atoms with van der Waals surface area (Å²) >= 11 is 0. The minimum atomic E-state index is -0.562. The van der Waals surface area contributed by atoms with Gasteiger partial charge in [0.2, 0.25) is 5.76 Å². The van der Waals surface area contributed by atoms with Crippen LogP contribution in [-0.4, -0.2) is 32.6 Å². The third-order valence-corrected chi connectivity index (χ3v) is 5.76. The summed E-state index contributed by atoms with van der Waals surface area (Å²) in [6.45, 7) is 4.20. The van der Waals surface area contributed by atoms with Gasteiger partial charge in [-0.25, -0.2) is 14.2 Å². The minimum absolute atomic E-state index is 0.0919. The van der Waals surface area contributed by atoms with Gasteiger partial charge in [0.1, 0.15) is 17.8 Å². The molecule has 0 bridgehead atoms. The number of methoxy groups -OCH3 is 1. The van der Waals surface area contributed by atoms with Crippen molar-refractivity contribution in [3.8, 4) is 5.69 Å². The molecule has 0 N–H and O–H groups in total. The quantitative estimate of drug-likeness (QED) is 0.461. The predicted molar refractivity (Wildman–Crippen MR) is 114 cm³/mol. The van der Waals surface area contributed by atoms with Gasteiger partial charge in [-0.1, -0.05) is 6.07 Å². The summed E-state index contributed by atoms with van der Waals surface area (Å²) < 4.78 is 13.3. The average molecular weight is 418 g/mol. The van der Waals surface area contributed by atoms with Gasteiger partial charge < -0.3 is 9.15 Å². The molecule has 31 heavy (non-hydrogen) atoms. The maximum absolute atomic E-state index is 13.4. The summed E-state index contributed by atoms with van der Waals surface area (Å²) in [6.07, 6.45) is 3.82. The number of benzene rings is 1. The van der Waals surface area contributed by atoms with Crippen molar-refractivity contribution in [2.24, 2.45) is 0 Å². The smallest absolute Gasteiger partial charge is 0.373 e. The van der Waals surface area contributed by atoms with E-state index in [9.17, 15) is 9.59 Å². The highest BCUT2D eigenvalue weighted by Crippen LogP contribution is 2.41. The van der Waals surface area contributed by atoms with Crippen molar-refractivity contribution >= 4 is 16.9 Å². The van der Waals surface area contributed by atoms with Crippen LogP contribution in [0.5, 0.6) is 0 Å². The molecule has 1 aromatic carbocycles. The molecule has 158 valence electrons. The number of ether oxygens (including phenoxy) is 1. The second kappa shape index (κ2) is 7.23. The molecule has 3 heterocycles. The zero-order valence-corrected chi connectivity index (χ0v) is 17.6. The van der Waals surface area contributed by atoms with Crippen LogP contribution in [0.2, 0.25) is 0 Å². The molecule has 5 rings (SSSR count). The lowest BCUT2D eigenvalue weighted by Gasteiger charge is -2.10. The number of aromatic nitrogens is 4. The van der Waals surface area contributed by atoms with Crippen LogP contribution >= 0.6 is 0 Å². The molecule has 1 aliphatic rings. The van der Waals surface area contributed by atoms with E-state index in [2.05, 4.69) is 14.9 Å². The molecule has 0 saturated heterocycles. The van der Waals surface area contributed by atoms with Crippen LogP contribution in [-0.2, 0) is 11.3 Å². The number of aryl methyl sites for hydroxylation is 2. The van der Waals surface area contributed by atoms with Gasteiger partial charge in [-0.2, -0.15) is 10.2 Å². The standard InChI is InChI=1S/C23H22N4O4/c1-13-4-7-16(10-14(13)2)27-21-18(11-24-27)20(15-5-6-15)25-26(22(21)28)12-17-8-9-19(31-17)23(29)30-3/h4,7-11,15H,5-6,12H2,1-3H3. The summed E-state index contributed by atoms with van der Waals surface area (Å²) in [5.41, 5.74) is 4.26. The fraction of sp³-hybridized carbons (Fsp3) is 0.304. The van der Waals surface area contributed by atoms with Crippen LogP contribution in [0.3, 0.4) is 0 Å². The highest BCUT2D eigenvalue weighted by atomic mass is 16.5. The largest absolute Gasteiger partial charge is 0.463 e. The fourth-order valence-corrected chi connectivity index (χ4v) is 3.73. The van der Waals surface area contributed by atoms with E-state index < -0.39 is 5.97 Å². The molecule has 0 atom stereocenters. The second-order valence-electron chi connectivity index (χ2n) is 7.97. The Morgan fingerprint density at radius 1 is 1.19 bits per heavy atom. The summed E-state index contributed by atoms with van der Waals surface area (Å²) in [7, 11) is 1.29. The molecule has 0 spiro atoms. The highest BCUT2D eigenvalue weighted by Gasteiger charge is 2.30. The van der Waals surface area contributed by atoms with Gasteiger partial charge in [0.05, 0.1) is 24.7 Å². The van der Waals surface area contributed by atoms with E-state index in [0.29, 0.717) is 17.2 Å². The number of carbonyl (C=O) groups is 1. The number of fused-ring (bicyclic) bond motifs is 1. The van der Waals surface area contributed by atoms with Gasteiger partial charge in [0.25, 0.3) is 5.56 Å². The molecular formula is C23H22N4O4. The number of hydrogen-bond acceptors (Lipinski definition) is 6. The molecule has 3 aromatic heterocycles. The number of nitrogens with zero attached hydrogens (tertiary/aromatic N) is 4. The fourth-order valence-electron chi connectivity index (χ4n) is 3.73. The van der Waals surface area contributed by atoms with Crippen molar-refractivity contribution in [1.29, 1.82) is 0 Å². The van der Waals surface area contributed by atoms with Crippen molar-refractivity contribution in [3.05, 3.63) is 75.2 Å². The molecule has 1 saturated carbocycles. The van der Waals surface area contributed by atoms with Crippen LogP contribution in [0, 0.1) is 13.8 Å². The lowest BCUT2D eigenvalue weighted by molar-refractivity contribution is 0.0562. The first-order valence-corrected chi connectivity index (χ1v) is 10.2. The minimum Gasteiger partial charge on any atom is -0.463 e. The Morgan fingerprint density at radius 3 is 2.71 bits per heavy atom. The molecule has 4 aromatic rings.